The molecule has 0 bridgehead atoms. The molecule has 2 aromatic rings. The van der Waals surface area contributed by atoms with Gasteiger partial charge in [0.2, 0.25) is 5.69 Å². The molecule has 2 aromatic carbocycles. The van der Waals surface area contributed by atoms with Crippen LogP contribution in [0.25, 0.3) is 0 Å². The van der Waals surface area contributed by atoms with Gasteiger partial charge in [-0.2, -0.15) is 22.8 Å². The number of nitrogens with one attached hydrogen (secondary N) is 1. The highest BCUT2D eigenvalue weighted by Crippen LogP contribution is 2.48. The van der Waals surface area contributed by atoms with E-state index in [0.29, 0.717) is 11.6 Å². The number of hydroxylamine groups is 1. The van der Waals surface area contributed by atoms with Gasteiger partial charge in [-0.05, 0) is 62.0 Å². The Morgan fingerprint density at radius 3 is 2.33 bits per heavy atom. The van der Waals surface area contributed by atoms with Crippen LogP contribution in [0.4, 0.5) is 11.4 Å². The highest BCUT2D eigenvalue weighted by atomic mass is 35.5. The molecule has 0 unspecified atom stereocenters. The summed E-state index contributed by atoms with van der Waals surface area (Å²) in [5.41, 5.74) is 9.50. The van der Waals surface area contributed by atoms with Gasteiger partial charge in [0.05, 0.1) is 21.3 Å². The SMILES string of the molecule is CCNOS(=O)(=O)CC[N+]1=C(/C=C/C2=C(Cl)C(=C/C=C3/N(CCS(=O)(=O)[O-])c4ccccc4C3(C)C)/CCC2)C(C)(C)c2ccccc21. The van der Waals surface area contributed by atoms with Gasteiger partial charge in [-0.1, -0.05) is 80.9 Å². The van der Waals surface area contributed by atoms with E-state index in [0.717, 1.165) is 64.3 Å². The summed E-state index contributed by atoms with van der Waals surface area (Å²) in [6, 6.07) is 15.9. The van der Waals surface area contributed by atoms with Gasteiger partial charge in [0, 0.05) is 52.6 Å². The number of hydrogen-bond donors (Lipinski definition) is 1. The zero-order valence-electron chi connectivity index (χ0n) is 28.1. The smallest absolute Gasteiger partial charge is 0.289 e. The van der Waals surface area contributed by atoms with E-state index in [9.17, 15) is 21.4 Å². The Morgan fingerprint density at radius 1 is 0.938 bits per heavy atom. The summed E-state index contributed by atoms with van der Waals surface area (Å²) in [6.07, 6.45) is 10.6. The predicted octanol–water partition coefficient (Wildman–Crippen LogP) is 6.32. The Kier molecular flexibility index (Phi) is 10.6. The first-order chi connectivity index (χ1) is 22.6. The largest absolute Gasteiger partial charge is 0.748 e. The zero-order valence-corrected chi connectivity index (χ0v) is 30.5. The van der Waals surface area contributed by atoms with Gasteiger partial charge < -0.3 is 9.45 Å². The van der Waals surface area contributed by atoms with Crippen LogP contribution in [0.3, 0.4) is 0 Å². The minimum atomic E-state index is -4.40. The predicted molar refractivity (Wildman–Crippen MR) is 191 cm³/mol. The standard InChI is InChI=1S/C36H44ClN3O6S2/c1-6-38-46-48(44,45)25-23-40-31-17-10-8-15-29(31)36(4,5)33(40)21-19-27-13-11-12-26(34(27)37)18-20-32-35(2,3)28-14-7-9-16-30(28)39(32)22-24-47(41,42)43/h7-10,14-21,38H,6,11-13,22-25H2,1-5H3. The summed E-state index contributed by atoms with van der Waals surface area (Å²) in [7, 11) is -8.18. The maximum atomic E-state index is 12.6. The van der Waals surface area contributed by atoms with E-state index < -0.39 is 31.4 Å². The molecule has 0 saturated heterocycles. The normalized spacial score (nSPS) is 20.8. The Labute approximate surface area is 290 Å². The van der Waals surface area contributed by atoms with Crippen LogP contribution in [-0.2, 0) is 35.4 Å². The van der Waals surface area contributed by atoms with Crippen molar-refractivity contribution in [3.8, 4) is 0 Å². The van der Waals surface area contributed by atoms with Crippen molar-refractivity contribution in [2.45, 2.75) is 64.7 Å². The molecule has 2 aliphatic heterocycles. The van der Waals surface area contributed by atoms with E-state index in [4.69, 9.17) is 15.9 Å². The van der Waals surface area contributed by atoms with Crippen molar-refractivity contribution in [3.05, 3.63) is 106 Å². The fourth-order valence-electron chi connectivity index (χ4n) is 6.93. The molecule has 48 heavy (non-hydrogen) atoms. The van der Waals surface area contributed by atoms with Crippen LogP contribution < -0.4 is 10.4 Å². The minimum absolute atomic E-state index is 0.0642. The molecule has 9 nitrogen and oxygen atoms in total. The Bertz CT molecular complexity index is 1960. The van der Waals surface area contributed by atoms with Gasteiger partial charge in [0.15, 0.2) is 12.3 Å². The molecule has 258 valence electrons. The van der Waals surface area contributed by atoms with Gasteiger partial charge in [-0.3, -0.25) is 0 Å². The quantitative estimate of drug-likeness (QED) is 0.154. The van der Waals surface area contributed by atoms with Crippen molar-refractivity contribution < 1.29 is 30.2 Å². The molecule has 5 rings (SSSR count). The Morgan fingerprint density at radius 2 is 1.62 bits per heavy atom. The van der Waals surface area contributed by atoms with E-state index in [2.05, 4.69) is 45.3 Å². The molecule has 0 atom stereocenters. The fraction of sp³-hybridized carbons (Fsp3) is 0.417. The van der Waals surface area contributed by atoms with E-state index in [-0.39, 0.29) is 24.3 Å². The lowest BCUT2D eigenvalue weighted by Gasteiger charge is -2.27. The van der Waals surface area contributed by atoms with Crippen molar-refractivity contribution in [2.24, 2.45) is 0 Å². The molecule has 2 heterocycles. The number of para-hydroxylation sites is 2. The van der Waals surface area contributed by atoms with E-state index in [1.54, 1.807) is 6.92 Å². The van der Waals surface area contributed by atoms with Crippen LogP contribution in [-0.4, -0.2) is 62.8 Å². The number of anilines is 1. The van der Waals surface area contributed by atoms with E-state index in [1.807, 2.05) is 70.2 Å². The van der Waals surface area contributed by atoms with Crippen LogP contribution in [0.2, 0.25) is 0 Å². The third kappa shape index (κ3) is 7.56. The molecular formula is C36H44ClN3O6S2. The average molecular weight is 714 g/mol. The average Bonchev–Trinajstić information content (AvgIpc) is 3.38. The van der Waals surface area contributed by atoms with Crippen molar-refractivity contribution in [1.82, 2.24) is 5.48 Å². The summed E-state index contributed by atoms with van der Waals surface area (Å²) < 4.78 is 66.8. The molecule has 1 N–H and O–H groups in total. The number of halogens is 1. The van der Waals surface area contributed by atoms with Crippen molar-refractivity contribution in [3.63, 3.8) is 0 Å². The maximum absolute atomic E-state index is 12.6. The topological polar surface area (TPSA) is 119 Å². The summed E-state index contributed by atoms with van der Waals surface area (Å²) >= 11 is 7.07. The van der Waals surface area contributed by atoms with Crippen LogP contribution in [0.1, 0.15) is 65.0 Å². The Hall–Kier alpha value is -3.06. The molecule has 0 spiro atoms. The van der Waals surface area contributed by atoms with Gasteiger partial charge in [-0.15, -0.1) is 0 Å². The molecule has 0 fully saturated rings. The van der Waals surface area contributed by atoms with Gasteiger partial charge in [0.1, 0.15) is 5.75 Å². The number of nitrogens with zero attached hydrogens (tertiary/aromatic N) is 2. The molecular weight excluding hydrogens is 670 g/mol. The lowest BCUT2D eigenvalue weighted by atomic mass is 9.81. The monoisotopic (exact) mass is 713 g/mol. The first-order valence-electron chi connectivity index (χ1n) is 16.2. The third-order valence-electron chi connectivity index (χ3n) is 9.40. The number of hydrogen-bond acceptors (Lipinski definition) is 8. The van der Waals surface area contributed by atoms with Crippen molar-refractivity contribution >= 4 is 48.9 Å². The summed E-state index contributed by atoms with van der Waals surface area (Å²) in [4.78, 5) is 1.93. The molecule has 0 amide bonds. The van der Waals surface area contributed by atoms with Crippen molar-refractivity contribution in [2.75, 3.05) is 36.0 Å². The second kappa shape index (κ2) is 14.0. The van der Waals surface area contributed by atoms with E-state index in [1.165, 1.54) is 0 Å². The molecule has 1 aliphatic carbocycles. The Balaban J connectivity index is 1.49. The van der Waals surface area contributed by atoms with Gasteiger partial charge >= 0.3 is 0 Å². The molecule has 0 radical (unpaired) electrons. The second-order valence-electron chi connectivity index (χ2n) is 13.3. The van der Waals surface area contributed by atoms with Crippen LogP contribution in [0.15, 0.2) is 94.7 Å². The number of benzene rings is 2. The lowest BCUT2D eigenvalue weighted by molar-refractivity contribution is -0.432. The maximum Gasteiger partial charge on any atom is 0.289 e. The highest BCUT2D eigenvalue weighted by molar-refractivity contribution is 7.86. The summed E-state index contributed by atoms with van der Waals surface area (Å²) in [5, 5.41) is 0.665. The molecule has 0 aromatic heterocycles. The summed E-state index contributed by atoms with van der Waals surface area (Å²) in [6.45, 7) is 10.9. The van der Waals surface area contributed by atoms with Crippen LogP contribution in [0, 0.1) is 0 Å². The first kappa shape index (κ1) is 36.2. The minimum Gasteiger partial charge on any atom is -0.748 e. The fourth-order valence-corrected chi connectivity index (χ4v) is 8.44. The zero-order chi connectivity index (χ0) is 34.9. The second-order valence-corrected chi connectivity index (χ2v) is 16.9. The number of allylic oxidation sites excluding steroid dienone is 8. The van der Waals surface area contributed by atoms with Crippen LogP contribution >= 0.6 is 11.6 Å². The molecule has 0 saturated carbocycles. The first-order valence-corrected chi connectivity index (χ1v) is 19.8. The highest BCUT2D eigenvalue weighted by Gasteiger charge is 2.44. The number of rotatable bonds is 12. The molecule has 12 heteroatoms. The molecule has 3 aliphatic rings. The third-order valence-corrected chi connectivity index (χ3v) is 11.6. The number of fused-ring (bicyclic) bond motifs is 2. The van der Waals surface area contributed by atoms with Crippen LogP contribution in [0.5, 0.6) is 0 Å². The van der Waals surface area contributed by atoms with Gasteiger partial charge in [0.25, 0.3) is 10.1 Å². The van der Waals surface area contributed by atoms with Crippen molar-refractivity contribution in [1.29, 1.82) is 0 Å². The summed E-state index contributed by atoms with van der Waals surface area (Å²) in [5.74, 6) is -0.684. The van der Waals surface area contributed by atoms with Gasteiger partial charge in [-0.25, -0.2) is 8.42 Å². The lowest BCUT2D eigenvalue weighted by Crippen LogP contribution is -2.30. The van der Waals surface area contributed by atoms with E-state index >= 15 is 0 Å².